The maximum atomic E-state index is 12.5. The molecule has 1 aromatic heterocycles. The van der Waals surface area contributed by atoms with E-state index < -0.39 is 0 Å². The second kappa shape index (κ2) is 8.89. The van der Waals surface area contributed by atoms with E-state index >= 15 is 0 Å². The van der Waals surface area contributed by atoms with E-state index in [4.69, 9.17) is 4.98 Å². The second-order valence-corrected chi connectivity index (χ2v) is 8.86. The first-order valence-electron chi connectivity index (χ1n) is 9.81. The Balaban J connectivity index is 1.61. The second-order valence-electron chi connectivity index (χ2n) is 7.92. The zero-order valence-electron chi connectivity index (χ0n) is 18.1. The number of carbonyl (C=O) groups excluding carboxylic acids is 1. The largest absolute Gasteiger partial charge is 0.324 e. The molecule has 0 fully saturated rings. The number of aryl methyl sites for hydroxylation is 5. The highest BCUT2D eigenvalue weighted by Crippen LogP contribution is 2.25. The van der Waals surface area contributed by atoms with Crippen molar-refractivity contribution in [3.8, 4) is 11.3 Å². The maximum absolute atomic E-state index is 12.5. The third-order valence-corrected chi connectivity index (χ3v) is 5.95. The summed E-state index contributed by atoms with van der Waals surface area (Å²) in [4.78, 5) is 19.3. The summed E-state index contributed by atoms with van der Waals surface area (Å²) in [6, 6.07) is 10.6. The van der Waals surface area contributed by atoms with E-state index in [1.807, 2.05) is 25.8 Å². The molecule has 152 valence electrons. The summed E-state index contributed by atoms with van der Waals surface area (Å²) >= 11 is 1.64. The quantitative estimate of drug-likeness (QED) is 0.593. The number of nitrogens with one attached hydrogen (secondary N) is 1. The van der Waals surface area contributed by atoms with Gasteiger partial charge in [-0.3, -0.25) is 9.69 Å². The summed E-state index contributed by atoms with van der Waals surface area (Å²) in [5.41, 5.74) is 9.01. The number of carbonyl (C=O) groups is 1. The van der Waals surface area contributed by atoms with Crippen LogP contribution < -0.4 is 5.32 Å². The highest BCUT2D eigenvalue weighted by molar-refractivity contribution is 7.09. The molecule has 1 heterocycles. The Morgan fingerprint density at radius 2 is 1.69 bits per heavy atom. The Kier molecular flexibility index (Phi) is 6.50. The third kappa shape index (κ3) is 5.31. The molecule has 0 aliphatic carbocycles. The summed E-state index contributed by atoms with van der Waals surface area (Å²) < 4.78 is 0. The van der Waals surface area contributed by atoms with Crippen LogP contribution in [0.2, 0.25) is 0 Å². The van der Waals surface area contributed by atoms with Gasteiger partial charge in [-0.25, -0.2) is 4.98 Å². The van der Waals surface area contributed by atoms with Crippen molar-refractivity contribution in [2.24, 2.45) is 0 Å². The lowest BCUT2D eigenvalue weighted by molar-refractivity contribution is -0.117. The fraction of sp³-hybridized carbons (Fsp3) is 0.333. The van der Waals surface area contributed by atoms with Gasteiger partial charge in [-0.2, -0.15) is 0 Å². The molecular formula is C24H29N3OS. The number of amides is 1. The van der Waals surface area contributed by atoms with Crippen molar-refractivity contribution in [2.45, 2.75) is 41.2 Å². The molecule has 0 spiro atoms. The minimum atomic E-state index is -0.00603. The molecule has 1 N–H and O–H groups in total. The van der Waals surface area contributed by atoms with Crippen LogP contribution in [0.15, 0.2) is 35.7 Å². The number of hydrogen-bond acceptors (Lipinski definition) is 4. The molecule has 0 aliphatic heterocycles. The number of hydrogen-bond donors (Lipinski definition) is 1. The fourth-order valence-corrected chi connectivity index (χ4v) is 4.39. The average molecular weight is 408 g/mol. The molecule has 5 heteroatoms. The van der Waals surface area contributed by atoms with Gasteiger partial charge < -0.3 is 5.32 Å². The molecule has 0 aliphatic rings. The summed E-state index contributed by atoms with van der Waals surface area (Å²) in [6.45, 7) is 11.3. The lowest BCUT2D eigenvalue weighted by Crippen LogP contribution is -2.30. The van der Waals surface area contributed by atoms with Crippen molar-refractivity contribution in [3.63, 3.8) is 0 Å². The summed E-state index contributed by atoms with van der Waals surface area (Å²) in [7, 11) is 1.95. The van der Waals surface area contributed by atoms with Gasteiger partial charge in [0.15, 0.2) is 0 Å². The molecule has 0 saturated heterocycles. The van der Waals surface area contributed by atoms with Gasteiger partial charge in [0.25, 0.3) is 0 Å². The van der Waals surface area contributed by atoms with Gasteiger partial charge >= 0.3 is 0 Å². The Morgan fingerprint density at radius 3 is 2.34 bits per heavy atom. The Morgan fingerprint density at radius 1 is 1.00 bits per heavy atom. The molecule has 0 atom stereocenters. The zero-order valence-corrected chi connectivity index (χ0v) is 18.9. The summed E-state index contributed by atoms with van der Waals surface area (Å²) in [6.07, 6.45) is 0. The highest BCUT2D eigenvalue weighted by Gasteiger charge is 2.13. The predicted octanol–water partition coefficient (Wildman–Crippen LogP) is 5.42. The minimum Gasteiger partial charge on any atom is -0.324 e. The van der Waals surface area contributed by atoms with Crippen molar-refractivity contribution < 1.29 is 4.79 Å². The summed E-state index contributed by atoms with van der Waals surface area (Å²) in [5.74, 6) is -0.00603. The summed E-state index contributed by atoms with van der Waals surface area (Å²) in [5, 5.41) is 6.17. The van der Waals surface area contributed by atoms with Gasteiger partial charge in [-0.05, 0) is 70.0 Å². The first-order valence-corrected chi connectivity index (χ1v) is 10.7. The normalized spacial score (nSPS) is 11.1. The lowest BCUT2D eigenvalue weighted by Gasteiger charge is -2.17. The third-order valence-electron chi connectivity index (χ3n) is 5.11. The maximum Gasteiger partial charge on any atom is 0.238 e. The van der Waals surface area contributed by atoms with E-state index in [1.54, 1.807) is 11.3 Å². The fourth-order valence-electron chi connectivity index (χ4n) is 3.50. The molecule has 29 heavy (non-hydrogen) atoms. The van der Waals surface area contributed by atoms with Crippen LogP contribution in [0.1, 0.15) is 32.8 Å². The van der Waals surface area contributed by atoms with Crippen molar-refractivity contribution in [3.05, 3.63) is 68.5 Å². The molecule has 0 unspecified atom stereocenters. The number of aromatic nitrogens is 1. The molecule has 0 saturated carbocycles. The first-order chi connectivity index (χ1) is 13.7. The number of likely N-dealkylation sites (N-methyl/N-ethyl adjacent to an activating group) is 1. The standard InChI is InChI=1S/C24H29N3OS/c1-15-9-18(4)24(19(5)10-15)26-22(28)12-27(6)13-23-25-21(14-29-23)20-8-7-16(2)17(3)11-20/h7-11,14H,12-13H2,1-6H3,(H,26,28). The van der Waals surface area contributed by atoms with E-state index in [9.17, 15) is 4.79 Å². The van der Waals surface area contributed by atoms with Crippen LogP contribution >= 0.6 is 11.3 Å². The molecule has 1 amide bonds. The van der Waals surface area contributed by atoms with Gasteiger partial charge in [0.2, 0.25) is 5.91 Å². The molecule has 3 aromatic rings. The van der Waals surface area contributed by atoms with Gasteiger partial charge in [0.05, 0.1) is 18.8 Å². The molecule has 0 radical (unpaired) electrons. The number of nitrogens with zero attached hydrogens (tertiary/aromatic N) is 2. The Bertz CT molecular complexity index is 1020. The van der Waals surface area contributed by atoms with E-state index in [0.29, 0.717) is 13.1 Å². The molecule has 2 aromatic carbocycles. The average Bonchev–Trinajstić information content (AvgIpc) is 3.08. The number of benzene rings is 2. The zero-order chi connectivity index (χ0) is 21.1. The van der Waals surface area contributed by atoms with Gasteiger partial charge in [-0.15, -0.1) is 11.3 Å². The SMILES string of the molecule is Cc1cc(C)c(NC(=O)CN(C)Cc2nc(-c3ccc(C)c(C)c3)cs2)c(C)c1. The van der Waals surface area contributed by atoms with Crippen molar-refractivity contribution in [2.75, 3.05) is 18.9 Å². The lowest BCUT2D eigenvalue weighted by atomic mass is 10.1. The van der Waals surface area contributed by atoms with Gasteiger partial charge in [-0.1, -0.05) is 29.8 Å². The molecular weight excluding hydrogens is 378 g/mol. The smallest absolute Gasteiger partial charge is 0.238 e. The topological polar surface area (TPSA) is 45.2 Å². The van der Waals surface area contributed by atoms with Crippen molar-refractivity contribution >= 4 is 22.9 Å². The monoisotopic (exact) mass is 407 g/mol. The van der Waals surface area contributed by atoms with Gasteiger partial charge in [0.1, 0.15) is 5.01 Å². The van der Waals surface area contributed by atoms with E-state index in [1.165, 1.54) is 16.7 Å². The van der Waals surface area contributed by atoms with Crippen molar-refractivity contribution in [1.82, 2.24) is 9.88 Å². The van der Waals surface area contributed by atoms with Crippen LogP contribution in [-0.2, 0) is 11.3 Å². The van der Waals surface area contributed by atoms with Gasteiger partial charge in [0, 0.05) is 16.6 Å². The Hall–Kier alpha value is -2.50. The van der Waals surface area contributed by atoms with Crippen LogP contribution in [0, 0.1) is 34.6 Å². The first kappa shape index (κ1) is 21.2. The van der Waals surface area contributed by atoms with E-state index in [0.717, 1.165) is 33.1 Å². The van der Waals surface area contributed by atoms with E-state index in [2.05, 4.69) is 61.8 Å². The number of thiazole rings is 1. The van der Waals surface area contributed by atoms with Crippen molar-refractivity contribution in [1.29, 1.82) is 0 Å². The predicted molar refractivity (Wildman–Crippen MR) is 123 cm³/mol. The highest BCUT2D eigenvalue weighted by atomic mass is 32.1. The van der Waals surface area contributed by atoms with Crippen LogP contribution in [0.25, 0.3) is 11.3 Å². The molecule has 3 rings (SSSR count). The molecule has 4 nitrogen and oxygen atoms in total. The van der Waals surface area contributed by atoms with Crippen LogP contribution in [0.3, 0.4) is 0 Å². The minimum absolute atomic E-state index is 0.00603. The molecule has 0 bridgehead atoms. The van der Waals surface area contributed by atoms with Crippen LogP contribution in [0.4, 0.5) is 5.69 Å². The van der Waals surface area contributed by atoms with Crippen LogP contribution in [-0.4, -0.2) is 29.4 Å². The van der Waals surface area contributed by atoms with Crippen LogP contribution in [0.5, 0.6) is 0 Å². The van der Waals surface area contributed by atoms with E-state index in [-0.39, 0.29) is 5.91 Å². The number of anilines is 1. The Labute approximate surface area is 177 Å². The number of rotatable bonds is 6.